The standard InChI is InChI=1S/C9H12N4S/c1-2-7-3-6(1)4-8(7)5-14-9-10-12-13-11-9/h1-2,6-8H,3-5H2,(H,10,11,12,13)/t6-,7+,8+/m1/s1. The fourth-order valence-electron chi connectivity index (χ4n) is 2.48. The van der Waals surface area contributed by atoms with E-state index in [4.69, 9.17) is 0 Å². The van der Waals surface area contributed by atoms with Crippen LogP contribution in [0.2, 0.25) is 0 Å². The molecule has 14 heavy (non-hydrogen) atoms. The highest BCUT2D eigenvalue weighted by Gasteiger charge is 2.35. The Bertz CT molecular complexity index is 335. The van der Waals surface area contributed by atoms with Crippen molar-refractivity contribution in [2.45, 2.75) is 18.0 Å². The molecule has 3 rings (SSSR count). The first kappa shape index (κ1) is 8.47. The lowest BCUT2D eigenvalue weighted by Gasteiger charge is -2.15. The van der Waals surface area contributed by atoms with Gasteiger partial charge in [-0.2, -0.15) is 5.21 Å². The zero-order chi connectivity index (χ0) is 9.38. The second-order valence-corrected chi connectivity index (χ2v) is 5.03. The number of nitrogens with one attached hydrogen (secondary N) is 1. The summed E-state index contributed by atoms with van der Waals surface area (Å²) in [4.78, 5) is 0. The zero-order valence-electron chi connectivity index (χ0n) is 7.76. The van der Waals surface area contributed by atoms with Crippen LogP contribution in [0.15, 0.2) is 17.3 Å². The minimum absolute atomic E-state index is 0.775. The van der Waals surface area contributed by atoms with Crippen LogP contribution >= 0.6 is 11.8 Å². The van der Waals surface area contributed by atoms with E-state index >= 15 is 0 Å². The van der Waals surface area contributed by atoms with Gasteiger partial charge >= 0.3 is 0 Å². The number of tetrazole rings is 1. The average Bonchev–Trinajstić information content (AvgIpc) is 2.91. The summed E-state index contributed by atoms with van der Waals surface area (Å²) in [5.74, 6) is 3.63. The third-order valence-electron chi connectivity index (χ3n) is 3.17. The molecule has 1 aromatic rings. The molecule has 2 aliphatic rings. The first-order valence-electron chi connectivity index (χ1n) is 4.96. The van der Waals surface area contributed by atoms with Crippen LogP contribution in [0.4, 0.5) is 0 Å². The predicted octanol–water partition coefficient (Wildman–Crippen LogP) is 1.50. The molecule has 0 aromatic carbocycles. The second-order valence-electron chi connectivity index (χ2n) is 4.05. The fourth-order valence-corrected chi connectivity index (χ4v) is 3.43. The highest BCUT2D eigenvalue weighted by atomic mass is 32.2. The molecule has 74 valence electrons. The number of fused-ring (bicyclic) bond motifs is 2. The second kappa shape index (κ2) is 3.38. The van der Waals surface area contributed by atoms with E-state index in [-0.39, 0.29) is 0 Å². The smallest absolute Gasteiger partial charge is 0.176 e. The predicted molar refractivity (Wildman–Crippen MR) is 53.7 cm³/mol. The fraction of sp³-hybridized carbons (Fsp3) is 0.667. The number of allylic oxidation sites excluding steroid dienone is 2. The topological polar surface area (TPSA) is 54.5 Å². The van der Waals surface area contributed by atoms with E-state index in [1.54, 1.807) is 11.8 Å². The minimum Gasteiger partial charge on any atom is -0.176 e. The molecule has 3 atom stereocenters. The third-order valence-corrected chi connectivity index (χ3v) is 4.19. The van der Waals surface area contributed by atoms with Crippen molar-refractivity contribution in [3.05, 3.63) is 12.2 Å². The maximum atomic E-state index is 3.94. The van der Waals surface area contributed by atoms with Crippen molar-refractivity contribution in [3.63, 3.8) is 0 Å². The van der Waals surface area contributed by atoms with E-state index in [0.29, 0.717) is 0 Å². The number of H-pyrrole nitrogens is 1. The Morgan fingerprint density at radius 3 is 3.07 bits per heavy atom. The Balaban J connectivity index is 1.57. The summed E-state index contributed by atoms with van der Waals surface area (Å²) in [5, 5.41) is 14.7. The molecule has 4 nitrogen and oxygen atoms in total. The molecular weight excluding hydrogens is 196 g/mol. The monoisotopic (exact) mass is 208 g/mol. The lowest BCUT2D eigenvalue weighted by atomic mass is 9.96. The van der Waals surface area contributed by atoms with Gasteiger partial charge in [-0.05, 0) is 35.8 Å². The van der Waals surface area contributed by atoms with Crippen LogP contribution in [0, 0.1) is 17.8 Å². The van der Waals surface area contributed by atoms with Crippen LogP contribution < -0.4 is 0 Å². The summed E-state index contributed by atoms with van der Waals surface area (Å²) >= 11 is 1.71. The van der Waals surface area contributed by atoms with E-state index < -0.39 is 0 Å². The molecule has 1 heterocycles. The first-order chi connectivity index (χ1) is 6.92. The number of nitrogens with zero attached hydrogens (tertiary/aromatic N) is 3. The molecule has 2 bridgehead atoms. The van der Waals surface area contributed by atoms with Crippen molar-refractivity contribution in [2.24, 2.45) is 17.8 Å². The Labute approximate surface area is 86.5 Å². The van der Waals surface area contributed by atoms with Gasteiger partial charge in [0.15, 0.2) is 0 Å². The van der Waals surface area contributed by atoms with Gasteiger partial charge in [0.05, 0.1) is 0 Å². The van der Waals surface area contributed by atoms with Crippen LogP contribution in [0.3, 0.4) is 0 Å². The Hall–Kier alpha value is -0.840. The van der Waals surface area contributed by atoms with Crippen molar-refractivity contribution in [3.8, 4) is 0 Å². The van der Waals surface area contributed by atoms with Crippen molar-refractivity contribution >= 4 is 11.8 Å². The summed E-state index contributed by atoms with van der Waals surface area (Å²) in [6, 6.07) is 0. The third kappa shape index (κ3) is 1.45. The molecule has 5 heteroatoms. The van der Waals surface area contributed by atoms with Gasteiger partial charge < -0.3 is 0 Å². The highest BCUT2D eigenvalue weighted by Crippen LogP contribution is 2.44. The van der Waals surface area contributed by atoms with Crippen LogP contribution in [-0.2, 0) is 0 Å². The van der Waals surface area contributed by atoms with Crippen LogP contribution in [-0.4, -0.2) is 26.4 Å². The number of rotatable bonds is 3. The Morgan fingerprint density at radius 1 is 1.43 bits per heavy atom. The minimum atomic E-state index is 0.775. The van der Waals surface area contributed by atoms with Crippen LogP contribution in [0.1, 0.15) is 12.8 Å². The lowest BCUT2D eigenvalue weighted by molar-refractivity contribution is 0.502. The van der Waals surface area contributed by atoms with Crippen molar-refractivity contribution in [1.82, 2.24) is 20.6 Å². The molecule has 0 saturated heterocycles. The van der Waals surface area contributed by atoms with Crippen LogP contribution in [0.5, 0.6) is 0 Å². The van der Waals surface area contributed by atoms with Crippen molar-refractivity contribution in [1.29, 1.82) is 0 Å². The van der Waals surface area contributed by atoms with E-state index in [0.717, 1.165) is 28.7 Å². The summed E-state index contributed by atoms with van der Waals surface area (Å²) in [6.07, 6.45) is 7.49. The molecule has 1 N–H and O–H groups in total. The lowest BCUT2D eigenvalue weighted by Crippen LogP contribution is -2.09. The number of hydrogen-bond acceptors (Lipinski definition) is 4. The van der Waals surface area contributed by atoms with Gasteiger partial charge in [-0.25, -0.2) is 0 Å². The average molecular weight is 208 g/mol. The molecular formula is C9H12N4S. The van der Waals surface area contributed by atoms with Crippen LogP contribution in [0.25, 0.3) is 0 Å². The van der Waals surface area contributed by atoms with Gasteiger partial charge in [0.25, 0.3) is 0 Å². The summed E-state index contributed by atoms with van der Waals surface area (Å²) in [7, 11) is 0. The van der Waals surface area contributed by atoms with Gasteiger partial charge in [0, 0.05) is 5.75 Å². The molecule has 0 aliphatic heterocycles. The summed E-state index contributed by atoms with van der Waals surface area (Å²) < 4.78 is 0. The number of aromatic nitrogens is 4. The number of thioether (sulfide) groups is 1. The van der Waals surface area contributed by atoms with Gasteiger partial charge in [-0.1, -0.05) is 23.9 Å². The number of hydrogen-bond donors (Lipinski definition) is 1. The normalized spacial score (nSPS) is 34.1. The summed E-state index contributed by atoms with van der Waals surface area (Å²) in [5.41, 5.74) is 0. The number of aromatic amines is 1. The van der Waals surface area contributed by atoms with Crippen molar-refractivity contribution in [2.75, 3.05) is 5.75 Å². The zero-order valence-corrected chi connectivity index (χ0v) is 8.57. The quantitative estimate of drug-likeness (QED) is 0.604. The SMILES string of the molecule is C1=C[C@H]2C[C@@H]1C[C@H]2CSc1nn[nH]n1. The summed E-state index contributed by atoms with van der Waals surface area (Å²) in [6.45, 7) is 0. The Morgan fingerprint density at radius 2 is 2.43 bits per heavy atom. The Kier molecular flexibility index (Phi) is 2.05. The largest absolute Gasteiger partial charge is 0.230 e. The molecule has 0 amide bonds. The molecule has 1 aromatic heterocycles. The van der Waals surface area contributed by atoms with Gasteiger partial charge in [-0.15, -0.1) is 10.2 Å². The van der Waals surface area contributed by atoms with Gasteiger partial charge in [-0.3, -0.25) is 0 Å². The maximum absolute atomic E-state index is 3.94. The molecule has 0 spiro atoms. The molecule has 0 radical (unpaired) electrons. The molecule has 1 fully saturated rings. The van der Waals surface area contributed by atoms with E-state index in [9.17, 15) is 0 Å². The molecule has 1 saturated carbocycles. The first-order valence-corrected chi connectivity index (χ1v) is 5.95. The van der Waals surface area contributed by atoms with E-state index in [1.807, 2.05) is 0 Å². The maximum Gasteiger partial charge on any atom is 0.230 e. The molecule has 2 aliphatic carbocycles. The van der Waals surface area contributed by atoms with Gasteiger partial charge in [0.2, 0.25) is 5.16 Å². The highest BCUT2D eigenvalue weighted by molar-refractivity contribution is 7.99. The van der Waals surface area contributed by atoms with Gasteiger partial charge in [0.1, 0.15) is 0 Å². The van der Waals surface area contributed by atoms with E-state index in [1.165, 1.54) is 12.8 Å². The van der Waals surface area contributed by atoms with E-state index in [2.05, 4.69) is 32.8 Å². The van der Waals surface area contributed by atoms with Crippen molar-refractivity contribution < 1.29 is 0 Å². The molecule has 0 unspecified atom stereocenters.